The second-order valence-electron chi connectivity index (χ2n) is 8.67. The van der Waals surface area contributed by atoms with Crippen LogP contribution in [0.25, 0.3) is 5.70 Å². The van der Waals surface area contributed by atoms with Crippen LogP contribution in [0.4, 0.5) is 13.2 Å². The molecular formula is C25H24Cl2F3N3O. The van der Waals surface area contributed by atoms with Gasteiger partial charge in [0.25, 0.3) is 5.60 Å². The smallest absolute Gasteiger partial charge is 0.385 e. The Kier molecular flexibility index (Phi) is 6.62. The Balaban J connectivity index is 1.51. The average Bonchev–Trinajstić information content (AvgIpc) is 3.43. The van der Waals surface area contributed by atoms with E-state index in [1.54, 1.807) is 12.1 Å². The molecule has 4 nitrogen and oxygen atoms in total. The summed E-state index contributed by atoms with van der Waals surface area (Å²) in [6.07, 6.45) is -2.92. The Morgan fingerprint density at radius 2 is 1.82 bits per heavy atom. The van der Waals surface area contributed by atoms with Crippen LogP contribution in [0.1, 0.15) is 41.5 Å². The number of halogens is 5. The zero-order valence-corrected chi connectivity index (χ0v) is 20.0. The molecule has 9 heteroatoms. The molecule has 1 saturated carbocycles. The second kappa shape index (κ2) is 9.19. The summed E-state index contributed by atoms with van der Waals surface area (Å²) in [5.74, 6) is 0. The minimum Gasteiger partial charge on any atom is -0.385 e. The van der Waals surface area contributed by atoms with Crippen molar-refractivity contribution in [2.24, 2.45) is 5.16 Å². The van der Waals surface area contributed by atoms with Gasteiger partial charge in [0.15, 0.2) is 0 Å². The molecule has 0 radical (unpaired) electrons. The molecule has 34 heavy (non-hydrogen) atoms. The van der Waals surface area contributed by atoms with Crippen molar-refractivity contribution < 1.29 is 18.0 Å². The molecule has 0 aromatic heterocycles. The topological polar surface area (TPSA) is 45.7 Å². The van der Waals surface area contributed by atoms with Gasteiger partial charge in [-0.05, 0) is 60.7 Å². The van der Waals surface area contributed by atoms with Crippen LogP contribution in [0, 0.1) is 6.92 Å². The number of benzene rings is 2. The maximum atomic E-state index is 14.2. The summed E-state index contributed by atoms with van der Waals surface area (Å²) in [6.45, 7) is 10.5. The summed E-state index contributed by atoms with van der Waals surface area (Å²) >= 11 is 11.9. The lowest BCUT2D eigenvalue weighted by molar-refractivity contribution is -0.275. The molecule has 1 unspecified atom stereocenters. The zero-order valence-electron chi connectivity index (χ0n) is 18.5. The second-order valence-corrected chi connectivity index (χ2v) is 9.55. The van der Waals surface area contributed by atoms with Gasteiger partial charge in [0.05, 0.1) is 12.3 Å². The number of nitrogens with one attached hydrogen (secondary N) is 2. The van der Waals surface area contributed by atoms with Crippen molar-refractivity contribution in [2.45, 2.75) is 44.0 Å². The molecule has 1 atom stereocenters. The van der Waals surface area contributed by atoms with Gasteiger partial charge in [-0.1, -0.05) is 53.6 Å². The van der Waals surface area contributed by atoms with E-state index in [2.05, 4.69) is 28.9 Å². The highest BCUT2D eigenvalue weighted by atomic mass is 35.5. The van der Waals surface area contributed by atoms with Crippen LogP contribution in [0.3, 0.4) is 0 Å². The molecule has 2 aromatic carbocycles. The van der Waals surface area contributed by atoms with Gasteiger partial charge < -0.3 is 15.5 Å². The fourth-order valence-electron chi connectivity index (χ4n) is 3.90. The molecule has 1 heterocycles. The monoisotopic (exact) mass is 509 g/mol. The molecular weight excluding hydrogens is 486 g/mol. The van der Waals surface area contributed by atoms with Crippen LogP contribution in [0.5, 0.6) is 0 Å². The minimum atomic E-state index is -4.74. The van der Waals surface area contributed by atoms with E-state index in [0.717, 1.165) is 29.7 Å². The van der Waals surface area contributed by atoms with E-state index in [4.69, 9.17) is 28.0 Å². The van der Waals surface area contributed by atoms with Crippen LogP contribution < -0.4 is 10.6 Å². The van der Waals surface area contributed by atoms with E-state index in [9.17, 15) is 13.2 Å². The summed E-state index contributed by atoms with van der Waals surface area (Å²) in [5.41, 5.74) is 1.15. The molecule has 1 aliphatic carbocycles. The fourth-order valence-corrected chi connectivity index (χ4v) is 4.43. The molecule has 1 fully saturated rings. The van der Waals surface area contributed by atoms with Gasteiger partial charge in [0.1, 0.15) is 0 Å². The highest BCUT2D eigenvalue weighted by Gasteiger charge is 2.62. The third kappa shape index (κ3) is 5.05. The van der Waals surface area contributed by atoms with Gasteiger partial charge >= 0.3 is 6.18 Å². The quantitative estimate of drug-likeness (QED) is 0.415. The SMILES string of the molecule is C=C(CNC(=C)c1ccc(C2=NOC(c3cc(Cl)cc(Cl)c3)(C(F)(F)F)C2)cc1C)NC1CC1. The number of oxime groups is 1. The van der Waals surface area contributed by atoms with Gasteiger partial charge in [0.2, 0.25) is 0 Å². The summed E-state index contributed by atoms with van der Waals surface area (Å²) in [7, 11) is 0. The molecule has 0 amide bonds. The number of nitrogens with zero attached hydrogens (tertiary/aromatic N) is 1. The standard InChI is InChI=1S/C25H24Cl2F3N3O/c1-14-8-17(4-7-22(14)16(3)31-13-15(2)32-21-5-6-21)23-12-24(34-33-23,25(28,29)30)18-9-19(26)11-20(27)10-18/h4,7-11,21,31-32H,2-3,5-6,12-13H2,1H3. The Bertz CT molecular complexity index is 1150. The van der Waals surface area contributed by atoms with E-state index in [-0.39, 0.29) is 21.3 Å². The van der Waals surface area contributed by atoms with Crippen LogP contribution in [-0.4, -0.2) is 24.5 Å². The molecule has 1 aliphatic heterocycles. The first-order valence-corrected chi connectivity index (χ1v) is 11.5. The fraction of sp³-hybridized carbons (Fsp3) is 0.320. The van der Waals surface area contributed by atoms with Crippen molar-refractivity contribution >= 4 is 34.6 Å². The normalized spacial score (nSPS) is 19.9. The average molecular weight is 510 g/mol. The number of aryl methyl sites for hydroxylation is 1. The molecule has 2 aliphatic rings. The summed E-state index contributed by atoms with van der Waals surface area (Å²) in [4.78, 5) is 5.09. The lowest BCUT2D eigenvalue weighted by Crippen LogP contribution is -2.42. The maximum Gasteiger partial charge on any atom is 0.435 e. The van der Waals surface area contributed by atoms with Crippen molar-refractivity contribution in [1.29, 1.82) is 0 Å². The van der Waals surface area contributed by atoms with Crippen LogP contribution in [-0.2, 0) is 10.4 Å². The molecule has 180 valence electrons. The summed E-state index contributed by atoms with van der Waals surface area (Å²) in [5, 5.41) is 10.6. The Hall–Kier alpha value is -2.64. The Labute approximate surface area is 206 Å². The van der Waals surface area contributed by atoms with Gasteiger partial charge in [-0.2, -0.15) is 13.2 Å². The number of alkyl halides is 3. The predicted octanol–water partition coefficient (Wildman–Crippen LogP) is 6.71. The van der Waals surface area contributed by atoms with Crippen molar-refractivity contribution in [3.05, 3.63) is 87.6 Å². The first-order valence-electron chi connectivity index (χ1n) is 10.8. The van der Waals surface area contributed by atoms with Crippen molar-refractivity contribution in [1.82, 2.24) is 10.6 Å². The third-order valence-electron chi connectivity index (χ3n) is 5.90. The lowest BCUT2D eigenvalue weighted by Gasteiger charge is -2.29. The zero-order chi connectivity index (χ0) is 24.7. The molecule has 2 aromatic rings. The van der Waals surface area contributed by atoms with E-state index in [1.807, 2.05) is 13.0 Å². The third-order valence-corrected chi connectivity index (χ3v) is 6.34. The van der Waals surface area contributed by atoms with E-state index < -0.39 is 18.2 Å². The van der Waals surface area contributed by atoms with Gasteiger partial charge in [0, 0.05) is 39.5 Å². The van der Waals surface area contributed by atoms with Crippen molar-refractivity contribution in [3.63, 3.8) is 0 Å². The molecule has 2 N–H and O–H groups in total. The first kappa shape index (κ1) is 24.5. The minimum absolute atomic E-state index is 0.0874. The molecule has 4 rings (SSSR count). The largest absolute Gasteiger partial charge is 0.435 e. The highest BCUT2D eigenvalue weighted by Crippen LogP contribution is 2.49. The van der Waals surface area contributed by atoms with E-state index in [0.29, 0.717) is 23.8 Å². The highest BCUT2D eigenvalue weighted by molar-refractivity contribution is 6.34. The summed E-state index contributed by atoms with van der Waals surface area (Å²) < 4.78 is 42.7. The molecule has 0 saturated heterocycles. The molecule has 0 spiro atoms. The Morgan fingerprint density at radius 3 is 2.41 bits per heavy atom. The van der Waals surface area contributed by atoms with Gasteiger partial charge in [-0.3, -0.25) is 0 Å². The van der Waals surface area contributed by atoms with Gasteiger partial charge in [-0.25, -0.2) is 0 Å². The predicted molar refractivity (Wildman–Crippen MR) is 130 cm³/mol. The molecule has 0 bridgehead atoms. The van der Waals surface area contributed by atoms with Crippen LogP contribution in [0.15, 0.2) is 60.4 Å². The number of hydrogen-bond donors (Lipinski definition) is 2. The number of rotatable bonds is 8. The van der Waals surface area contributed by atoms with Gasteiger partial charge in [-0.15, -0.1) is 0 Å². The van der Waals surface area contributed by atoms with E-state index in [1.165, 1.54) is 18.2 Å². The lowest BCUT2D eigenvalue weighted by atomic mass is 9.86. The van der Waals surface area contributed by atoms with E-state index >= 15 is 0 Å². The number of hydrogen-bond acceptors (Lipinski definition) is 4. The van der Waals surface area contributed by atoms with Crippen molar-refractivity contribution in [2.75, 3.05) is 6.54 Å². The maximum absolute atomic E-state index is 14.2. The Morgan fingerprint density at radius 1 is 1.15 bits per heavy atom. The van der Waals surface area contributed by atoms with Crippen LogP contribution >= 0.6 is 23.2 Å². The summed E-state index contributed by atoms with van der Waals surface area (Å²) in [6, 6.07) is 9.59. The van der Waals surface area contributed by atoms with Crippen molar-refractivity contribution in [3.8, 4) is 0 Å². The van der Waals surface area contributed by atoms with Crippen LogP contribution in [0.2, 0.25) is 10.0 Å². The first-order chi connectivity index (χ1) is 16.0.